The fourth-order valence-electron chi connectivity index (χ4n) is 7.93. The number of carbonyl (C=O) groups is 2. The van der Waals surface area contributed by atoms with Crippen molar-refractivity contribution in [3.05, 3.63) is 85.1 Å². The summed E-state index contributed by atoms with van der Waals surface area (Å²) in [6.45, 7) is 4.12. The Morgan fingerprint density at radius 3 is 1.54 bits per heavy atom. The van der Waals surface area contributed by atoms with Crippen molar-refractivity contribution < 1.29 is 49.3 Å². The van der Waals surface area contributed by atoms with Gasteiger partial charge in [0.25, 0.3) is 0 Å². The second-order valence-electron chi connectivity index (χ2n) is 18.9. The minimum atomic E-state index is -1.59. The molecule has 0 aromatic rings. The van der Waals surface area contributed by atoms with E-state index in [0.717, 1.165) is 128 Å². The van der Waals surface area contributed by atoms with Crippen LogP contribution in [0.5, 0.6) is 0 Å². The van der Waals surface area contributed by atoms with Gasteiger partial charge in [-0.05, 0) is 116 Å². The van der Waals surface area contributed by atoms with Crippen LogP contribution in [-0.4, -0.2) is 100 Å². The molecule has 1 aliphatic heterocycles. The predicted octanol–water partition coefficient (Wildman–Crippen LogP) is 12.2. The molecule has 0 saturated carbocycles. The van der Waals surface area contributed by atoms with E-state index in [0.29, 0.717) is 25.9 Å². The molecule has 402 valence electrons. The van der Waals surface area contributed by atoms with Crippen molar-refractivity contribution in [3.8, 4) is 0 Å². The van der Waals surface area contributed by atoms with Gasteiger partial charge < -0.3 is 45.1 Å². The quantitative estimate of drug-likeness (QED) is 0.0196. The molecule has 0 aromatic heterocycles. The van der Waals surface area contributed by atoms with Crippen molar-refractivity contribution >= 4 is 11.9 Å². The number of rotatable bonds is 46. The first-order valence-corrected chi connectivity index (χ1v) is 27.9. The van der Waals surface area contributed by atoms with E-state index in [4.69, 9.17) is 14.2 Å². The average Bonchev–Trinajstić information content (AvgIpc) is 3.36. The van der Waals surface area contributed by atoms with E-state index in [1.165, 1.54) is 51.4 Å². The van der Waals surface area contributed by atoms with E-state index in [1.807, 2.05) is 6.08 Å². The lowest BCUT2D eigenvalue weighted by atomic mass is 9.99. The van der Waals surface area contributed by atoms with Crippen LogP contribution in [0.25, 0.3) is 0 Å². The zero-order valence-corrected chi connectivity index (χ0v) is 43.9. The summed E-state index contributed by atoms with van der Waals surface area (Å²) in [6.07, 6.45) is 53.9. The largest absolute Gasteiger partial charge is 0.466 e. The SMILES string of the molecule is CCC/C=C/CC/C=C/CC/C=C/C(O)C(COC1OC(CO)C(O)C(O)C1O)NC(=O)CCCCCCCCC/C=C\C/C=C\CCCCCOC(=O)CCCCCCC/C=C\C/C=C\CCCC. The molecule has 1 saturated heterocycles. The van der Waals surface area contributed by atoms with Crippen molar-refractivity contribution in [1.82, 2.24) is 5.32 Å². The number of hydrogen-bond acceptors (Lipinski definition) is 10. The van der Waals surface area contributed by atoms with E-state index in [1.54, 1.807) is 6.08 Å². The fourth-order valence-corrected chi connectivity index (χ4v) is 7.93. The first kappa shape index (κ1) is 64.9. The second-order valence-corrected chi connectivity index (χ2v) is 18.9. The van der Waals surface area contributed by atoms with Gasteiger partial charge in [0.05, 0.1) is 32.0 Å². The molecule has 0 spiro atoms. The van der Waals surface area contributed by atoms with Gasteiger partial charge in [0.2, 0.25) is 5.91 Å². The Morgan fingerprint density at radius 1 is 0.529 bits per heavy atom. The first-order chi connectivity index (χ1) is 34.2. The Kier molecular flexibility index (Phi) is 44.6. The van der Waals surface area contributed by atoms with Gasteiger partial charge >= 0.3 is 5.97 Å². The Labute approximate surface area is 425 Å². The minimum Gasteiger partial charge on any atom is -0.466 e. The third kappa shape index (κ3) is 37.6. The fraction of sp³-hybridized carbons (Fsp3) is 0.729. The number of hydrogen-bond donors (Lipinski definition) is 6. The van der Waals surface area contributed by atoms with Gasteiger partial charge in [-0.15, -0.1) is 0 Å². The van der Waals surface area contributed by atoms with Crippen LogP contribution >= 0.6 is 0 Å². The van der Waals surface area contributed by atoms with Crippen molar-refractivity contribution in [2.75, 3.05) is 19.8 Å². The highest BCUT2D eigenvalue weighted by molar-refractivity contribution is 5.76. The van der Waals surface area contributed by atoms with Crippen LogP contribution in [0, 0.1) is 0 Å². The molecule has 1 amide bonds. The lowest BCUT2D eigenvalue weighted by Crippen LogP contribution is -2.60. The van der Waals surface area contributed by atoms with E-state index < -0.39 is 49.5 Å². The number of nitrogens with one attached hydrogen (secondary N) is 1. The average molecular weight is 984 g/mol. The summed E-state index contributed by atoms with van der Waals surface area (Å²) < 4.78 is 16.6. The van der Waals surface area contributed by atoms with E-state index in [2.05, 4.69) is 92.1 Å². The van der Waals surface area contributed by atoms with Crippen LogP contribution in [0.15, 0.2) is 85.1 Å². The maximum atomic E-state index is 13.0. The summed E-state index contributed by atoms with van der Waals surface area (Å²) >= 11 is 0. The molecule has 0 aromatic carbocycles. The number of unbranched alkanes of at least 4 members (excludes halogenated alkanes) is 20. The number of aliphatic hydroxyl groups is 5. The van der Waals surface area contributed by atoms with Crippen LogP contribution < -0.4 is 5.32 Å². The molecule has 7 atom stereocenters. The summed E-state index contributed by atoms with van der Waals surface area (Å²) in [5.74, 6) is -0.267. The Morgan fingerprint density at radius 2 is 1.00 bits per heavy atom. The maximum absolute atomic E-state index is 13.0. The minimum absolute atomic E-state index is 0.0499. The second kappa shape index (κ2) is 48.1. The normalized spacial score (nSPS) is 19.9. The zero-order valence-electron chi connectivity index (χ0n) is 43.9. The highest BCUT2D eigenvalue weighted by Gasteiger charge is 2.44. The molecule has 11 heteroatoms. The van der Waals surface area contributed by atoms with Gasteiger partial charge in [0, 0.05) is 12.8 Å². The lowest BCUT2D eigenvalue weighted by Gasteiger charge is -2.40. The molecule has 11 nitrogen and oxygen atoms in total. The highest BCUT2D eigenvalue weighted by atomic mass is 16.7. The molecule has 0 aliphatic carbocycles. The molecule has 6 N–H and O–H groups in total. The summed E-state index contributed by atoms with van der Waals surface area (Å²) in [6, 6.07) is -0.849. The number of amides is 1. The topological polar surface area (TPSA) is 175 Å². The van der Waals surface area contributed by atoms with E-state index >= 15 is 0 Å². The number of ether oxygens (including phenoxy) is 3. The molecule has 0 radical (unpaired) electrons. The number of esters is 1. The van der Waals surface area contributed by atoms with Crippen molar-refractivity contribution in [1.29, 1.82) is 0 Å². The molecule has 1 rings (SSSR count). The highest BCUT2D eigenvalue weighted by Crippen LogP contribution is 2.22. The van der Waals surface area contributed by atoms with Crippen LogP contribution in [0.3, 0.4) is 0 Å². The number of carbonyl (C=O) groups excluding carboxylic acids is 2. The van der Waals surface area contributed by atoms with Gasteiger partial charge in [-0.1, -0.05) is 170 Å². The van der Waals surface area contributed by atoms with Gasteiger partial charge in [-0.2, -0.15) is 0 Å². The molecule has 0 bridgehead atoms. The van der Waals surface area contributed by atoms with Crippen molar-refractivity contribution in [2.24, 2.45) is 0 Å². The van der Waals surface area contributed by atoms with Crippen LogP contribution in [-0.2, 0) is 23.8 Å². The van der Waals surface area contributed by atoms with Gasteiger partial charge in [-0.25, -0.2) is 0 Å². The molecule has 1 aliphatic rings. The van der Waals surface area contributed by atoms with Crippen molar-refractivity contribution in [2.45, 2.75) is 256 Å². The van der Waals surface area contributed by atoms with E-state index in [-0.39, 0.29) is 18.5 Å². The first-order valence-electron chi connectivity index (χ1n) is 27.9. The molecule has 1 heterocycles. The Hall–Kier alpha value is -3.16. The third-order valence-corrected chi connectivity index (χ3v) is 12.4. The molecule has 70 heavy (non-hydrogen) atoms. The molecular formula is C59H101NO10. The van der Waals surface area contributed by atoms with Crippen LogP contribution in [0.2, 0.25) is 0 Å². The Balaban J connectivity index is 2.15. The third-order valence-electron chi connectivity index (χ3n) is 12.4. The molecule has 7 unspecified atom stereocenters. The standard InChI is InChI=1S/C59H101NO10/c1-3-5-7-9-11-13-15-16-23-27-31-35-39-43-47-55(64)68-48-44-40-36-32-28-24-21-19-17-18-20-22-26-30-34-38-42-46-54(63)60-51(50-69-59-58(67)57(66)56(65)53(49-61)70-59)52(62)45-41-37-33-29-25-14-12-10-8-6-4-2/h8-11,15-17,19,24-25,28-29,41,45,51-53,56-59,61-62,65-67H,3-7,12-14,18,20-23,26-27,30-40,42-44,46-50H2,1-2H3,(H,60,63)/b10-8+,11-9-,16-15-,19-17-,28-24-,29-25+,45-41+. The summed E-state index contributed by atoms with van der Waals surface area (Å²) in [5.41, 5.74) is 0. The van der Waals surface area contributed by atoms with Gasteiger partial charge in [-0.3, -0.25) is 9.59 Å². The smallest absolute Gasteiger partial charge is 0.305 e. The zero-order chi connectivity index (χ0) is 51.0. The molecule has 1 fully saturated rings. The van der Waals surface area contributed by atoms with Crippen LogP contribution in [0.1, 0.15) is 213 Å². The number of allylic oxidation sites excluding steroid dienone is 13. The summed E-state index contributed by atoms with van der Waals surface area (Å²) in [5, 5.41) is 54.2. The van der Waals surface area contributed by atoms with Gasteiger partial charge in [0.15, 0.2) is 6.29 Å². The predicted molar refractivity (Wildman–Crippen MR) is 287 cm³/mol. The molecular weight excluding hydrogens is 883 g/mol. The van der Waals surface area contributed by atoms with Gasteiger partial charge in [0.1, 0.15) is 24.4 Å². The number of aliphatic hydroxyl groups excluding tert-OH is 5. The Bertz CT molecular complexity index is 1440. The lowest BCUT2D eigenvalue weighted by molar-refractivity contribution is -0.302. The van der Waals surface area contributed by atoms with E-state index in [9.17, 15) is 35.1 Å². The maximum Gasteiger partial charge on any atom is 0.305 e. The summed E-state index contributed by atoms with van der Waals surface area (Å²) in [4.78, 5) is 25.0. The van der Waals surface area contributed by atoms with Crippen LogP contribution in [0.4, 0.5) is 0 Å². The monoisotopic (exact) mass is 984 g/mol. The summed E-state index contributed by atoms with van der Waals surface area (Å²) in [7, 11) is 0. The van der Waals surface area contributed by atoms with Crippen molar-refractivity contribution in [3.63, 3.8) is 0 Å².